The number of fused-ring (bicyclic) bond motifs is 3. The molecular formula is C27H34N2O6. The van der Waals surface area contributed by atoms with E-state index in [2.05, 4.69) is 34.9 Å². The summed E-state index contributed by atoms with van der Waals surface area (Å²) in [6.07, 6.45) is 1.85. The van der Waals surface area contributed by atoms with Crippen LogP contribution in [0.15, 0.2) is 48.5 Å². The Kier molecular flexibility index (Phi) is 10.1. The van der Waals surface area contributed by atoms with Crippen LogP contribution in [0, 0.1) is 5.92 Å². The predicted molar refractivity (Wildman–Crippen MR) is 132 cm³/mol. The van der Waals surface area contributed by atoms with E-state index in [1.54, 1.807) is 0 Å². The van der Waals surface area contributed by atoms with Crippen LogP contribution >= 0.6 is 0 Å². The first-order valence-corrected chi connectivity index (χ1v) is 12.1. The first kappa shape index (κ1) is 26.2. The number of alkyl carbamates (subject to hydrolysis) is 1. The van der Waals surface area contributed by atoms with Gasteiger partial charge in [-0.3, -0.25) is 9.59 Å². The molecule has 1 aliphatic carbocycles. The van der Waals surface area contributed by atoms with Gasteiger partial charge in [0.05, 0.1) is 6.61 Å². The zero-order chi connectivity index (χ0) is 25.0. The Labute approximate surface area is 206 Å². The fourth-order valence-corrected chi connectivity index (χ4v) is 4.39. The van der Waals surface area contributed by atoms with Crippen molar-refractivity contribution >= 4 is 18.0 Å². The number of amides is 2. The minimum Gasteiger partial charge on any atom is -0.481 e. The van der Waals surface area contributed by atoms with E-state index in [4.69, 9.17) is 14.6 Å². The van der Waals surface area contributed by atoms with Crippen molar-refractivity contribution in [3.8, 4) is 11.1 Å². The second-order valence-corrected chi connectivity index (χ2v) is 8.65. The van der Waals surface area contributed by atoms with E-state index in [0.717, 1.165) is 24.0 Å². The van der Waals surface area contributed by atoms with E-state index in [0.29, 0.717) is 13.0 Å². The van der Waals surface area contributed by atoms with Crippen molar-refractivity contribution in [1.29, 1.82) is 0 Å². The van der Waals surface area contributed by atoms with E-state index >= 15 is 0 Å². The van der Waals surface area contributed by atoms with Crippen LogP contribution in [0.4, 0.5) is 4.79 Å². The van der Waals surface area contributed by atoms with Crippen LogP contribution in [-0.4, -0.2) is 56.0 Å². The fraction of sp³-hybridized carbons (Fsp3) is 0.444. The Morgan fingerprint density at radius 1 is 0.943 bits per heavy atom. The molecule has 3 N–H and O–H groups in total. The molecule has 1 atom stereocenters. The number of rotatable bonds is 14. The van der Waals surface area contributed by atoms with Gasteiger partial charge in [0.25, 0.3) is 0 Å². The van der Waals surface area contributed by atoms with Crippen LogP contribution in [0.2, 0.25) is 0 Å². The highest BCUT2D eigenvalue weighted by Gasteiger charge is 2.28. The maximum absolute atomic E-state index is 12.1. The first-order chi connectivity index (χ1) is 17.0. The summed E-state index contributed by atoms with van der Waals surface area (Å²) in [4.78, 5) is 34.7. The molecule has 0 heterocycles. The van der Waals surface area contributed by atoms with Crippen LogP contribution < -0.4 is 10.6 Å². The Morgan fingerprint density at radius 3 is 2.23 bits per heavy atom. The van der Waals surface area contributed by atoms with E-state index in [-0.39, 0.29) is 50.5 Å². The molecule has 0 spiro atoms. The van der Waals surface area contributed by atoms with Crippen LogP contribution in [0.1, 0.15) is 49.7 Å². The number of ether oxygens (including phenoxy) is 2. The van der Waals surface area contributed by atoms with Crippen LogP contribution in [0.5, 0.6) is 0 Å². The molecule has 0 radical (unpaired) electrons. The number of hydrogen-bond acceptors (Lipinski definition) is 5. The molecule has 2 aromatic rings. The first-order valence-electron chi connectivity index (χ1n) is 12.1. The lowest BCUT2D eigenvalue weighted by atomic mass is 9.97. The third kappa shape index (κ3) is 7.82. The maximum Gasteiger partial charge on any atom is 0.407 e. The standard InChI is InChI=1S/C27H34N2O6/c1-2-19(11-12-26(31)32)13-14-28-25(30)18-34-16-15-29-27(33)35-17-24-22-9-5-3-7-20(22)21-8-4-6-10-23(21)24/h3-10,19,24H,2,11-18H2,1H3,(H,28,30)(H,29,33)(H,31,32). The molecule has 35 heavy (non-hydrogen) atoms. The third-order valence-electron chi connectivity index (χ3n) is 6.31. The molecule has 2 amide bonds. The maximum atomic E-state index is 12.1. The second kappa shape index (κ2) is 13.5. The Morgan fingerprint density at radius 2 is 1.60 bits per heavy atom. The highest BCUT2D eigenvalue weighted by molar-refractivity contribution is 5.79. The van der Waals surface area contributed by atoms with Crippen LogP contribution in [0.25, 0.3) is 11.1 Å². The van der Waals surface area contributed by atoms with Gasteiger partial charge < -0.3 is 25.2 Å². The van der Waals surface area contributed by atoms with Gasteiger partial charge >= 0.3 is 12.1 Å². The van der Waals surface area contributed by atoms with Gasteiger partial charge in [-0.1, -0.05) is 61.9 Å². The van der Waals surface area contributed by atoms with E-state index in [9.17, 15) is 14.4 Å². The predicted octanol–water partition coefficient (Wildman–Crippen LogP) is 3.94. The Balaban J connectivity index is 1.28. The van der Waals surface area contributed by atoms with Crippen molar-refractivity contribution in [2.45, 2.75) is 38.5 Å². The normalized spacial score (nSPS) is 12.9. The molecule has 1 unspecified atom stereocenters. The molecule has 0 saturated carbocycles. The minimum absolute atomic E-state index is 0.00419. The number of nitrogens with one attached hydrogen (secondary N) is 2. The van der Waals surface area contributed by atoms with Crippen LogP contribution in [-0.2, 0) is 19.1 Å². The summed E-state index contributed by atoms with van der Waals surface area (Å²) in [6, 6.07) is 16.3. The summed E-state index contributed by atoms with van der Waals surface area (Å²) in [5, 5.41) is 14.2. The summed E-state index contributed by atoms with van der Waals surface area (Å²) >= 11 is 0. The quantitative estimate of drug-likeness (QED) is 0.352. The van der Waals surface area contributed by atoms with Gasteiger partial charge in [-0.05, 0) is 41.0 Å². The van der Waals surface area contributed by atoms with Crippen molar-refractivity contribution in [3.63, 3.8) is 0 Å². The molecular weight excluding hydrogens is 448 g/mol. The van der Waals surface area contributed by atoms with Gasteiger partial charge in [-0.25, -0.2) is 4.79 Å². The molecule has 0 saturated heterocycles. The molecule has 0 bridgehead atoms. The largest absolute Gasteiger partial charge is 0.481 e. The minimum atomic E-state index is -0.799. The molecule has 0 aliphatic heterocycles. The number of aliphatic carboxylic acids is 1. The molecule has 8 nitrogen and oxygen atoms in total. The zero-order valence-corrected chi connectivity index (χ0v) is 20.1. The average molecular weight is 483 g/mol. The average Bonchev–Trinajstić information content (AvgIpc) is 3.18. The smallest absolute Gasteiger partial charge is 0.407 e. The van der Waals surface area contributed by atoms with Crippen molar-refractivity contribution < 1.29 is 29.0 Å². The van der Waals surface area contributed by atoms with E-state index in [1.165, 1.54) is 11.1 Å². The summed E-state index contributed by atoms with van der Waals surface area (Å²) < 4.78 is 10.8. The van der Waals surface area contributed by atoms with Crippen LogP contribution in [0.3, 0.4) is 0 Å². The summed E-state index contributed by atoms with van der Waals surface area (Å²) in [7, 11) is 0. The lowest BCUT2D eigenvalue weighted by Gasteiger charge is -2.15. The lowest BCUT2D eigenvalue weighted by molar-refractivity contribution is -0.137. The van der Waals surface area contributed by atoms with Gasteiger partial charge in [0, 0.05) is 25.4 Å². The highest BCUT2D eigenvalue weighted by Crippen LogP contribution is 2.44. The van der Waals surface area contributed by atoms with Crippen molar-refractivity contribution in [3.05, 3.63) is 59.7 Å². The van der Waals surface area contributed by atoms with Gasteiger partial charge in [0.15, 0.2) is 0 Å². The molecule has 0 aromatic heterocycles. The van der Waals surface area contributed by atoms with Crippen molar-refractivity contribution in [2.75, 3.05) is 32.9 Å². The van der Waals surface area contributed by atoms with Gasteiger partial charge in [0.1, 0.15) is 13.2 Å². The van der Waals surface area contributed by atoms with E-state index in [1.807, 2.05) is 31.2 Å². The molecule has 8 heteroatoms. The molecule has 188 valence electrons. The van der Waals surface area contributed by atoms with Gasteiger partial charge in [-0.15, -0.1) is 0 Å². The number of carbonyl (C=O) groups excluding carboxylic acids is 2. The molecule has 0 fully saturated rings. The number of carbonyl (C=O) groups is 3. The Hall–Kier alpha value is -3.39. The van der Waals surface area contributed by atoms with E-state index < -0.39 is 12.1 Å². The summed E-state index contributed by atoms with van der Waals surface area (Å²) in [5.41, 5.74) is 4.66. The molecule has 2 aromatic carbocycles. The monoisotopic (exact) mass is 482 g/mol. The SMILES string of the molecule is CCC(CCNC(=O)COCCNC(=O)OCC1c2ccccc2-c2ccccc21)CCC(=O)O. The van der Waals surface area contributed by atoms with Crippen molar-refractivity contribution in [2.24, 2.45) is 5.92 Å². The molecule has 1 aliphatic rings. The summed E-state index contributed by atoms with van der Waals surface area (Å²) in [5.74, 6) is -0.759. The number of hydrogen-bond donors (Lipinski definition) is 3. The number of benzene rings is 2. The van der Waals surface area contributed by atoms with Gasteiger partial charge in [0.2, 0.25) is 5.91 Å². The summed E-state index contributed by atoms with van der Waals surface area (Å²) in [6.45, 7) is 3.07. The topological polar surface area (TPSA) is 114 Å². The molecule has 3 rings (SSSR count). The van der Waals surface area contributed by atoms with Gasteiger partial charge in [-0.2, -0.15) is 0 Å². The Bertz CT molecular complexity index is 963. The fourth-order valence-electron chi connectivity index (χ4n) is 4.39. The number of carboxylic acids is 1. The lowest BCUT2D eigenvalue weighted by Crippen LogP contribution is -2.32. The second-order valence-electron chi connectivity index (χ2n) is 8.65. The highest BCUT2D eigenvalue weighted by atomic mass is 16.5. The van der Waals surface area contributed by atoms with Crippen molar-refractivity contribution in [1.82, 2.24) is 10.6 Å². The third-order valence-corrected chi connectivity index (χ3v) is 6.31. The zero-order valence-electron chi connectivity index (χ0n) is 20.1. The number of carboxylic acid groups (broad SMARTS) is 1.